The molecule has 25 heavy (non-hydrogen) atoms. The first-order valence-electron chi connectivity index (χ1n) is 8.77. The number of likely N-dealkylation sites (N-methyl/N-ethyl adjacent to an activating group) is 2. The van der Waals surface area contributed by atoms with Crippen LogP contribution in [0.3, 0.4) is 0 Å². The monoisotopic (exact) mass is 345 g/mol. The van der Waals surface area contributed by atoms with Crippen LogP contribution in [0.15, 0.2) is 28.7 Å². The number of nitrogens with zero attached hydrogens (tertiary/aromatic N) is 3. The maximum Gasteiger partial charge on any atom is 0.289 e. The smallest absolute Gasteiger partial charge is 0.289 e. The SMILES string of the molecule is Cc1ccc2oc(C(=O)N(C)CC(O)CN3CCN(C)CC3)cc2c1. The number of amides is 1. The van der Waals surface area contributed by atoms with Gasteiger partial charge < -0.3 is 19.3 Å². The van der Waals surface area contributed by atoms with Gasteiger partial charge in [-0.25, -0.2) is 0 Å². The molecule has 0 bridgehead atoms. The second-order valence-corrected chi connectivity index (χ2v) is 7.10. The first-order valence-corrected chi connectivity index (χ1v) is 8.77. The third-order valence-corrected chi connectivity index (χ3v) is 4.78. The molecule has 136 valence electrons. The highest BCUT2D eigenvalue weighted by atomic mass is 16.3. The molecule has 0 saturated carbocycles. The molecule has 1 N–H and O–H groups in total. The Hall–Kier alpha value is -1.89. The van der Waals surface area contributed by atoms with Crippen molar-refractivity contribution in [1.29, 1.82) is 0 Å². The number of aliphatic hydroxyl groups is 1. The van der Waals surface area contributed by atoms with Crippen LogP contribution in [0.4, 0.5) is 0 Å². The minimum absolute atomic E-state index is 0.203. The maximum absolute atomic E-state index is 12.6. The largest absolute Gasteiger partial charge is 0.451 e. The van der Waals surface area contributed by atoms with E-state index in [9.17, 15) is 9.90 Å². The minimum Gasteiger partial charge on any atom is -0.451 e. The van der Waals surface area contributed by atoms with Gasteiger partial charge in [-0.3, -0.25) is 9.69 Å². The molecule has 1 unspecified atom stereocenters. The summed E-state index contributed by atoms with van der Waals surface area (Å²) in [5, 5.41) is 11.3. The fourth-order valence-electron chi connectivity index (χ4n) is 3.24. The summed E-state index contributed by atoms with van der Waals surface area (Å²) in [4.78, 5) is 18.6. The molecule has 1 aliphatic rings. The van der Waals surface area contributed by atoms with E-state index in [0.29, 0.717) is 24.4 Å². The number of rotatable bonds is 5. The van der Waals surface area contributed by atoms with Crippen molar-refractivity contribution in [2.45, 2.75) is 13.0 Å². The number of aryl methyl sites for hydroxylation is 1. The predicted molar refractivity (Wildman–Crippen MR) is 97.9 cm³/mol. The molecular weight excluding hydrogens is 318 g/mol. The van der Waals surface area contributed by atoms with Gasteiger partial charge in [-0.2, -0.15) is 0 Å². The van der Waals surface area contributed by atoms with Crippen molar-refractivity contribution in [2.75, 3.05) is 53.4 Å². The highest BCUT2D eigenvalue weighted by Crippen LogP contribution is 2.21. The molecule has 1 fully saturated rings. The number of hydrogen-bond acceptors (Lipinski definition) is 5. The van der Waals surface area contributed by atoms with Crippen LogP contribution in [-0.2, 0) is 0 Å². The van der Waals surface area contributed by atoms with Gasteiger partial charge in [0.1, 0.15) is 5.58 Å². The molecule has 0 spiro atoms. The Kier molecular flexibility index (Phi) is 5.42. The predicted octanol–water partition coefficient (Wildman–Crippen LogP) is 1.42. The molecule has 1 amide bonds. The molecule has 6 heteroatoms. The van der Waals surface area contributed by atoms with Crippen LogP contribution >= 0.6 is 0 Å². The zero-order chi connectivity index (χ0) is 18.0. The Morgan fingerprint density at radius 3 is 2.72 bits per heavy atom. The zero-order valence-electron chi connectivity index (χ0n) is 15.2. The lowest BCUT2D eigenvalue weighted by Gasteiger charge is -2.34. The number of piperazine rings is 1. The van der Waals surface area contributed by atoms with E-state index in [4.69, 9.17) is 4.42 Å². The quantitative estimate of drug-likeness (QED) is 0.888. The number of β-amino-alcohol motifs (C(OH)–C–C–N with tert-alkyl or cyclic N) is 1. The van der Waals surface area contributed by atoms with E-state index >= 15 is 0 Å². The summed E-state index contributed by atoms with van der Waals surface area (Å²) in [7, 11) is 3.81. The average Bonchev–Trinajstić information content (AvgIpc) is 2.99. The van der Waals surface area contributed by atoms with E-state index in [-0.39, 0.29) is 5.91 Å². The highest BCUT2D eigenvalue weighted by molar-refractivity contribution is 5.96. The zero-order valence-corrected chi connectivity index (χ0v) is 15.2. The van der Waals surface area contributed by atoms with E-state index < -0.39 is 6.10 Å². The van der Waals surface area contributed by atoms with Crippen LogP contribution in [-0.4, -0.2) is 85.2 Å². The van der Waals surface area contributed by atoms with Crippen LogP contribution in [0, 0.1) is 6.92 Å². The highest BCUT2D eigenvalue weighted by Gasteiger charge is 2.22. The molecule has 3 rings (SSSR count). The number of furan rings is 1. The van der Waals surface area contributed by atoms with E-state index in [1.807, 2.05) is 25.1 Å². The fourth-order valence-corrected chi connectivity index (χ4v) is 3.24. The van der Waals surface area contributed by atoms with Crippen molar-refractivity contribution >= 4 is 16.9 Å². The number of hydrogen-bond donors (Lipinski definition) is 1. The normalized spacial score (nSPS) is 17.8. The van der Waals surface area contributed by atoms with Gasteiger partial charge in [0, 0.05) is 51.7 Å². The molecule has 6 nitrogen and oxygen atoms in total. The van der Waals surface area contributed by atoms with E-state index in [0.717, 1.165) is 37.1 Å². The Morgan fingerprint density at radius 2 is 2.00 bits per heavy atom. The van der Waals surface area contributed by atoms with Crippen LogP contribution < -0.4 is 0 Å². The molecule has 0 aliphatic carbocycles. The van der Waals surface area contributed by atoms with Crippen molar-refractivity contribution in [1.82, 2.24) is 14.7 Å². The molecule has 0 radical (unpaired) electrons. The van der Waals surface area contributed by atoms with Crippen molar-refractivity contribution in [3.8, 4) is 0 Å². The molecule has 2 aromatic rings. The van der Waals surface area contributed by atoms with Gasteiger partial charge in [-0.1, -0.05) is 11.6 Å². The van der Waals surface area contributed by atoms with Crippen molar-refractivity contribution in [2.24, 2.45) is 0 Å². The second kappa shape index (κ2) is 7.56. The van der Waals surface area contributed by atoms with Crippen LogP contribution in [0.5, 0.6) is 0 Å². The van der Waals surface area contributed by atoms with E-state index in [2.05, 4.69) is 16.8 Å². The summed E-state index contributed by atoms with van der Waals surface area (Å²) < 4.78 is 5.66. The molecule has 1 atom stereocenters. The third kappa shape index (κ3) is 4.39. The van der Waals surface area contributed by atoms with Crippen molar-refractivity contribution in [3.63, 3.8) is 0 Å². The van der Waals surface area contributed by atoms with Gasteiger partial charge in [0.15, 0.2) is 5.76 Å². The lowest BCUT2D eigenvalue weighted by Crippen LogP contribution is -2.48. The minimum atomic E-state index is -0.566. The van der Waals surface area contributed by atoms with Crippen LogP contribution in [0.2, 0.25) is 0 Å². The first kappa shape index (κ1) is 17.9. The summed E-state index contributed by atoms with van der Waals surface area (Å²) in [6.45, 7) is 6.82. The first-order chi connectivity index (χ1) is 11.9. The fraction of sp³-hybridized carbons (Fsp3) is 0.526. The lowest BCUT2D eigenvalue weighted by molar-refractivity contribution is 0.0486. The van der Waals surface area contributed by atoms with Crippen molar-refractivity contribution < 1.29 is 14.3 Å². The maximum atomic E-state index is 12.6. The number of aliphatic hydroxyl groups excluding tert-OH is 1. The van der Waals surface area contributed by atoms with Gasteiger partial charge in [0.05, 0.1) is 6.10 Å². The summed E-state index contributed by atoms with van der Waals surface area (Å²) in [5.41, 5.74) is 1.84. The van der Waals surface area contributed by atoms with Crippen molar-refractivity contribution in [3.05, 3.63) is 35.6 Å². The van der Waals surface area contributed by atoms with Gasteiger partial charge >= 0.3 is 0 Å². The number of carbonyl (C=O) groups is 1. The molecule has 1 aromatic carbocycles. The topological polar surface area (TPSA) is 60.2 Å². The van der Waals surface area contributed by atoms with Gasteiger partial charge in [0.25, 0.3) is 5.91 Å². The summed E-state index contributed by atoms with van der Waals surface area (Å²) >= 11 is 0. The van der Waals surface area contributed by atoms with Gasteiger partial charge in [-0.15, -0.1) is 0 Å². The molecule has 1 aliphatic heterocycles. The number of fused-ring (bicyclic) bond motifs is 1. The molecule has 2 heterocycles. The summed E-state index contributed by atoms with van der Waals surface area (Å²) in [6.07, 6.45) is -0.566. The third-order valence-electron chi connectivity index (χ3n) is 4.78. The Balaban J connectivity index is 1.57. The Bertz CT molecular complexity index is 735. The van der Waals surface area contributed by atoms with Gasteiger partial charge in [0.2, 0.25) is 0 Å². The van der Waals surface area contributed by atoms with Crippen LogP contribution in [0.1, 0.15) is 16.1 Å². The Labute approximate surface area is 148 Å². The molecular formula is C19H27N3O3. The number of carbonyl (C=O) groups excluding carboxylic acids is 1. The average molecular weight is 345 g/mol. The molecule has 1 saturated heterocycles. The summed E-state index contributed by atoms with van der Waals surface area (Å²) in [6, 6.07) is 7.61. The Morgan fingerprint density at radius 1 is 1.28 bits per heavy atom. The molecule has 1 aromatic heterocycles. The van der Waals surface area contributed by atoms with E-state index in [1.54, 1.807) is 13.1 Å². The standard InChI is InChI=1S/C19H27N3O3/c1-14-4-5-17-15(10-14)11-18(25-17)19(24)21(3)12-16(23)13-22-8-6-20(2)7-9-22/h4-5,10-11,16,23H,6-9,12-13H2,1-3H3. The lowest BCUT2D eigenvalue weighted by atomic mass is 10.2. The summed E-state index contributed by atoms with van der Waals surface area (Å²) in [5.74, 6) is 0.112. The van der Waals surface area contributed by atoms with Crippen LogP contribution in [0.25, 0.3) is 11.0 Å². The van der Waals surface area contributed by atoms with Gasteiger partial charge in [-0.05, 0) is 32.2 Å². The van der Waals surface area contributed by atoms with E-state index in [1.165, 1.54) is 4.90 Å². The second-order valence-electron chi connectivity index (χ2n) is 7.10. The number of benzene rings is 1.